The molecular weight excluding hydrogens is 457 g/mol. The number of imidazole rings is 1. The van der Waals surface area contributed by atoms with E-state index in [9.17, 15) is 9.18 Å². The predicted octanol–water partition coefficient (Wildman–Crippen LogP) is 5.19. The second-order valence-corrected chi connectivity index (χ2v) is 8.94. The summed E-state index contributed by atoms with van der Waals surface area (Å²) >= 11 is 0. The van der Waals surface area contributed by atoms with Crippen molar-refractivity contribution in [3.05, 3.63) is 88.9 Å². The molecule has 5 rings (SSSR count). The van der Waals surface area contributed by atoms with Crippen molar-refractivity contribution in [3.63, 3.8) is 0 Å². The number of benzene rings is 1. The normalized spacial score (nSPS) is 15.4. The molecule has 0 bridgehead atoms. The van der Waals surface area contributed by atoms with E-state index in [2.05, 4.69) is 16.0 Å². The monoisotopic (exact) mass is 481 g/mol. The van der Waals surface area contributed by atoms with Crippen LogP contribution in [-0.2, 0) is 20.1 Å². The fraction of sp³-hybridized carbons (Fsp3) is 0.250. The Bertz CT molecular complexity index is 1520. The van der Waals surface area contributed by atoms with Crippen molar-refractivity contribution in [2.45, 2.75) is 32.3 Å². The van der Waals surface area contributed by atoms with E-state index >= 15 is 0 Å². The largest absolute Gasteiger partial charge is 0.473 e. The molecule has 8 heteroatoms. The number of rotatable bonds is 7. The van der Waals surface area contributed by atoms with Gasteiger partial charge >= 0.3 is 0 Å². The first-order valence-corrected chi connectivity index (χ1v) is 11.8. The Morgan fingerprint density at radius 1 is 1.25 bits per heavy atom. The van der Waals surface area contributed by atoms with Crippen LogP contribution in [0.15, 0.2) is 54.7 Å². The number of nitriles is 1. The van der Waals surface area contributed by atoms with E-state index in [0.29, 0.717) is 23.1 Å². The number of allylic oxidation sites excluding steroid dienone is 2. The molecule has 1 aromatic carbocycles. The summed E-state index contributed by atoms with van der Waals surface area (Å²) < 4.78 is 21.9. The smallest absolute Gasteiger partial charge is 0.214 e. The summed E-state index contributed by atoms with van der Waals surface area (Å²) in [4.78, 5) is 24.5. The molecule has 7 nitrogen and oxygen atoms in total. The van der Waals surface area contributed by atoms with Crippen LogP contribution in [0, 0.1) is 23.1 Å². The minimum Gasteiger partial charge on any atom is -0.473 e. The molecular formula is C28H24FN5O2. The molecule has 0 N–H and O–H groups in total. The van der Waals surface area contributed by atoms with Crippen LogP contribution in [0.4, 0.5) is 4.39 Å². The van der Waals surface area contributed by atoms with Gasteiger partial charge in [-0.15, -0.1) is 0 Å². The van der Waals surface area contributed by atoms with Crippen LogP contribution in [0.3, 0.4) is 0 Å². The zero-order chi connectivity index (χ0) is 25.1. The van der Waals surface area contributed by atoms with E-state index in [1.54, 1.807) is 30.5 Å². The minimum absolute atomic E-state index is 0.0387. The average Bonchev–Trinajstić information content (AvgIpc) is 3.22. The van der Waals surface area contributed by atoms with E-state index < -0.39 is 5.82 Å². The third kappa shape index (κ3) is 4.86. The molecule has 1 aliphatic carbocycles. The average molecular weight is 482 g/mol. The molecule has 1 aliphatic rings. The van der Waals surface area contributed by atoms with Gasteiger partial charge in [-0.1, -0.05) is 18.2 Å². The number of pyridine rings is 2. The maximum atomic E-state index is 14.1. The van der Waals surface area contributed by atoms with Crippen LogP contribution in [0.5, 0.6) is 5.88 Å². The quantitative estimate of drug-likeness (QED) is 0.337. The molecule has 3 heterocycles. The van der Waals surface area contributed by atoms with Crippen LogP contribution in [-0.4, -0.2) is 25.8 Å². The Labute approximate surface area is 207 Å². The van der Waals surface area contributed by atoms with Crippen LogP contribution >= 0.6 is 0 Å². The summed E-state index contributed by atoms with van der Waals surface area (Å²) in [7, 11) is 1.97. The van der Waals surface area contributed by atoms with Crippen LogP contribution < -0.4 is 4.74 Å². The third-order valence-electron chi connectivity index (χ3n) is 6.60. The molecule has 0 saturated carbocycles. The van der Waals surface area contributed by atoms with Gasteiger partial charge in [0, 0.05) is 25.1 Å². The first-order valence-electron chi connectivity index (χ1n) is 11.8. The van der Waals surface area contributed by atoms with Crippen molar-refractivity contribution in [1.29, 1.82) is 5.26 Å². The molecule has 0 saturated heterocycles. The highest BCUT2D eigenvalue weighted by Gasteiger charge is 2.20. The highest BCUT2D eigenvalue weighted by Crippen LogP contribution is 2.32. The van der Waals surface area contributed by atoms with Gasteiger partial charge in [0.15, 0.2) is 6.29 Å². The van der Waals surface area contributed by atoms with Gasteiger partial charge in [0.05, 0.1) is 29.0 Å². The van der Waals surface area contributed by atoms with E-state index in [1.807, 2.05) is 29.8 Å². The Morgan fingerprint density at radius 3 is 2.89 bits per heavy atom. The van der Waals surface area contributed by atoms with Crippen molar-refractivity contribution in [1.82, 2.24) is 19.5 Å². The SMILES string of the molecule is Cn1c(CC2CC=C(c3cccc(OCc4ccc(C#N)cc4F)n3)CC2)nc2cnc(C=O)cc21. The van der Waals surface area contributed by atoms with Crippen LogP contribution in [0.1, 0.15) is 52.4 Å². The zero-order valence-corrected chi connectivity index (χ0v) is 19.8. The minimum atomic E-state index is -0.465. The first kappa shape index (κ1) is 23.4. The lowest BCUT2D eigenvalue weighted by molar-refractivity contribution is 0.111. The molecule has 0 fully saturated rings. The maximum absolute atomic E-state index is 14.1. The molecule has 0 spiro atoms. The van der Waals surface area contributed by atoms with Gasteiger partial charge in [0.1, 0.15) is 29.5 Å². The van der Waals surface area contributed by atoms with Gasteiger partial charge in [-0.2, -0.15) is 5.26 Å². The Kier molecular flexibility index (Phi) is 6.54. The Morgan fingerprint density at radius 2 is 2.14 bits per heavy atom. The number of halogens is 1. The van der Waals surface area contributed by atoms with Gasteiger partial charge in [-0.25, -0.2) is 14.4 Å². The summed E-state index contributed by atoms with van der Waals surface area (Å²) in [6.07, 6.45) is 8.30. The summed E-state index contributed by atoms with van der Waals surface area (Å²) in [5.74, 6) is 1.41. The fourth-order valence-electron chi connectivity index (χ4n) is 4.53. The molecule has 4 aromatic rings. The summed E-state index contributed by atoms with van der Waals surface area (Å²) in [6, 6.07) is 13.6. The van der Waals surface area contributed by atoms with Crippen LogP contribution in [0.25, 0.3) is 16.6 Å². The summed E-state index contributed by atoms with van der Waals surface area (Å²) in [6.45, 7) is 0.0387. The molecule has 1 unspecified atom stereocenters. The first-order chi connectivity index (χ1) is 17.5. The van der Waals surface area contributed by atoms with E-state index in [0.717, 1.165) is 54.5 Å². The van der Waals surface area contributed by atoms with Crippen molar-refractivity contribution < 1.29 is 13.9 Å². The number of aldehydes is 1. The van der Waals surface area contributed by atoms with Gasteiger partial charge in [0.2, 0.25) is 5.88 Å². The number of carbonyl (C=O) groups excluding carboxylic acids is 1. The number of hydrogen-bond donors (Lipinski definition) is 0. The molecule has 0 aliphatic heterocycles. The van der Waals surface area contributed by atoms with Gasteiger partial charge < -0.3 is 9.30 Å². The highest BCUT2D eigenvalue weighted by molar-refractivity contribution is 5.82. The highest BCUT2D eigenvalue weighted by atomic mass is 19.1. The second kappa shape index (κ2) is 10.1. The molecule has 36 heavy (non-hydrogen) atoms. The van der Waals surface area contributed by atoms with E-state index in [4.69, 9.17) is 15.0 Å². The van der Waals surface area contributed by atoms with Crippen molar-refractivity contribution in [2.75, 3.05) is 0 Å². The fourth-order valence-corrected chi connectivity index (χ4v) is 4.53. The molecule has 3 aromatic heterocycles. The number of aromatic nitrogens is 4. The molecule has 0 radical (unpaired) electrons. The van der Waals surface area contributed by atoms with Gasteiger partial charge in [0.25, 0.3) is 0 Å². The third-order valence-corrected chi connectivity index (χ3v) is 6.60. The van der Waals surface area contributed by atoms with Gasteiger partial charge in [-0.05, 0) is 55.0 Å². The number of fused-ring (bicyclic) bond motifs is 1. The van der Waals surface area contributed by atoms with Crippen molar-refractivity contribution in [2.24, 2.45) is 13.0 Å². The van der Waals surface area contributed by atoms with Crippen molar-refractivity contribution in [3.8, 4) is 11.9 Å². The van der Waals surface area contributed by atoms with E-state index in [-0.39, 0.29) is 12.2 Å². The number of aryl methyl sites for hydroxylation is 1. The Hall–Kier alpha value is -4.38. The van der Waals surface area contributed by atoms with Crippen LogP contribution in [0.2, 0.25) is 0 Å². The Balaban J connectivity index is 1.24. The van der Waals surface area contributed by atoms with Gasteiger partial charge in [-0.3, -0.25) is 9.78 Å². The number of carbonyl (C=O) groups is 1. The number of nitrogens with zero attached hydrogens (tertiary/aromatic N) is 5. The standard InChI is InChI=1S/C28H24FN5O2/c1-34-26-13-22(16-35)31-15-25(26)32-27(34)12-18-5-8-20(9-6-18)24-3-2-4-28(33-24)36-17-21-10-7-19(14-30)11-23(21)29/h2-4,7-8,10-11,13,15-16,18H,5-6,9,12,17H2,1H3. The van der Waals surface area contributed by atoms with E-state index in [1.165, 1.54) is 11.6 Å². The molecule has 0 amide bonds. The number of ether oxygens (including phenoxy) is 1. The second-order valence-electron chi connectivity index (χ2n) is 8.94. The maximum Gasteiger partial charge on any atom is 0.214 e. The lowest BCUT2D eigenvalue weighted by Gasteiger charge is -2.21. The molecule has 180 valence electrons. The number of hydrogen-bond acceptors (Lipinski definition) is 6. The summed E-state index contributed by atoms with van der Waals surface area (Å²) in [5.41, 5.74) is 4.80. The molecule has 1 atom stereocenters. The lowest BCUT2D eigenvalue weighted by Crippen LogP contribution is -2.12. The zero-order valence-electron chi connectivity index (χ0n) is 19.8. The lowest BCUT2D eigenvalue weighted by atomic mass is 9.86. The predicted molar refractivity (Wildman–Crippen MR) is 133 cm³/mol. The van der Waals surface area contributed by atoms with Crippen molar-refractivity contribution >= 4 is 22.9 Å². The summed E-state index contributed by atoms with van der Waals surface area (Å²) in [5, 5.41) is 8.88. The topological polar surface area (TPSA) is 93.7 Å².